The van der Waals surface area contributed by atoms with Crippen molar-refractivity contribution in [3.8, 4) is 11.3 Å². The highest BCUT2D eigenvalue weighted by atomic mass is 16.6. The number of para-hydroxylation sites is 1. The highest BCUT2D eigenvalue weighted by Gasteiger charge is 2.18. The Labute approximate surface area is 117 Å². The van der Waals surface area contributed by atoms with Gasteiger partial charge in [0, 0.05) is 18.2 Å². The van der Waals surface area contributed by atoms with Gasteiger partial charge < -0.3 is 5.32 Å². The van der Waals surface area contributed by atoms with Gasteiger partial charge in [0.1, 0.15) is 0 Å². The Morgan fingerprint density at radius 3 is 2.85 bits per heavy atom. The number of nitro benzene ring substituents is 1. The van der Waals surface area contributed by atoms with Gasteiger partial charge in [0.25, 0.3) is 5.69 Å². The quantitative estimate of drug-likeness (QED) is 0.626. The number of hydrogen-bond donors (Lipinski definition) is 2. The molecule has 0 bridgehead atoms. The summed E-state index contributed by atoms with van der Waals surface area (Å²) in [6.45, 7) is 5.79. The summed E-state index contributed by atoms with van der Waals surface area (Å²) in [5.41, 5.74) is 2.28. The fourth-order valence-electron chi connectivity index (χ4n) is 2.02. The SMILES string of the molecule is CC(C)CNCc1cn[nH]c1-c1ccccc1[N+](=O)[O-]. The van der Waals surface area contributed by atoms with Crippen LogP contribution in [0.1, 0.15) is 19.4 Å². The standard InChI is InChI=1S/C14H18N4O2/c1-10(2)7-15-8-11-9-16-17-14(11)12-5-3-4-6-13(12)18(19)20/h3-6,9-10,15H,7-8H2,1-2H3,(H,16,17). The summed E-state index contributed by atoms with van der Waals surface area (Å²) in [7, 11) is 0. The Hall–Kier alpha value is -2.21. The first-order chi connectivity index (χ1) is 9.59. The normalized spacial score (nSPS) is 10.9. The van der Waals surface area contributed by atoms with E-state index in [0.717, 1.165) is 12.1 Å². The van der Waals surface area contributed by atoms with Gasteiger partial charge in [0.05, 0.1) is 22.4 Å². The third kappa shape index (κ3) is 3.21. The Morgan fingerprint density at radius 2 is 2.15 bits per heavy atom. The lowest BCUT2D eigenvalue weighted by atomic mass is 10.1. The van der Waals surface area contributed by atoms with Crippen molar-refractivity contribution >= 4 is 5.69 Å². The van der Waals surface area contributed by atoms with E-state index in [0.29, 0.717) is 23.7 Å². The van der Waals surface area contributed by atoms with Crippen molar-refractivity contribution in [2.75, 3.05) is 6.54 Å². The maximum atomic E-state index is 11.1. The van der Waals surface area contributed by atoms with E-state index >= 15 is 0 Å². The topological polar surface area (TPSA) is 83.8 Å². The molecule has 0 aliphatic heterocycles. The molecule has 1 aromatic heterocycles. The maximum Gasteiger partial charge on any atom is 0.278 e. The lowest BCUT2D eigenvalue weighted by Crippen LogP contribution is -2.19. The molecule has 0 saturated heterocycles. The number of rotatable bonds is 6. The van der Waals surface area contributed by atoms with Crippen molar-refractivity contribution in [2.45, 2.75) is 20.4 Å². The average molecular weight is 274 g/mol. The minimum atomic E-state index is -0.374. The molecular weight excluding hydrogens is 256 g/mol. The highest BCUT2D eigenvalue weighted by molar-refractivity contribution is 5.72. The Kier molecular flexibility index (Phi) is 4.47. The third-order valence-electron chi connectivity index (χ3n) is 2.96. The van der Waals surface area contributed by atoms with Crippen LogP contribution < -0.4 is 5.32 Å². The number of hydrogen-bond acceptors (Lipinski definition) is 4. The zero-order valence-corrected chi connectivity index (χ0v) is 11.6. The first kappa shape index (κ1) is 14.2. The van der Waals surface area contributed by atoms with Gasteiger partial charge in [-0.2, -0.15) is 5.10 Å². The number of nitrogens with one attached hydrogen (secondary N) is 2. The van der Waals surface area contributed by atoms with Crippen LogP contribution in [0.25, 0.3) is 11.3 Å². The molecule has 0 aliphatic carbocycles. The Morgan fingerprint density at radius 1 is 1.40 bits per heavy atom. The van der Waals surface area contributed by atoms with Crippen LogP contribution in [0.2, 0.25) is 0 Å². The summed E-state index contributed by atoms with van der Waals surface area (Å²) < 4.78 is 0. The predicted octanol–water partition coefficient (Wildman–Crippen LogP) is 2.73. The van der Waals surface area contributed by atoms with Crippen molar-refractivity contribution < 1.29 is 4.92 Å². The van der Waals surface area contributed by atoms with Crippen molar-refractivity contribution in [3.63, 3.8) is 0 Å². The van der Waals surface area contributed by atoms with E-state index in [1.54, 1.807) is 24.4 Å². The molecule has 1 heterocycles. The summed E-state index contributed by atoms with van der Waals surface area (Å²) in [6, 6.07) is 6.68. The molecule has 0 fully saturated rings. The molecule has 0 amide bonds. The fraction of sp³-hybridized carbons (Fsp3) is 0.357. The van der Waals surface area contributed by atoms with Gasteiger partial charge in [-0.1, -0.05) is 26.0 Å². The van der Waals surface area contributed by atoms with Crippen LogP contribution in [0.5, 0.6) is 0 Å². The molecule has 0 saturated carbocycles. The van der Waals surface area contributed by atoms with Gasteiger partial charge in [-0.15, -0.1) is 0 Å². The molecular formula is C14H18N4O2. The maximum absolute atomic E-state index is 11.1. The summed E-state index contributed by atoms with van der Waals surface area (Å²) >= 11 is 0. The van der Waals surface area contributed by atoms with Crippen LogP contribution in [0.15, 0.2) is 30.5 Å². The minimum absolute atomic E-state index is 0.0851. The number of benzene rings is 1. The average Bonchev–Trinajstić information content (AvgIpc) is 2.86. The second kappa shape index (κ2) is 6.29. The summed E-state index contributed by atoms with van der Waals surface area (Å²) in [5.74, 6) is 0.552. The minimum Gasteiger partial charge on any atom is -0.312 e. The van der Waals surface area contributed by atoms with E-state index in [1.165, 1.54) is 6.07 Å². The van der Waals surface area contributed by atoms with Crippen LogP contribution in [-0.4, -0.2) is 21.7 Å². The van der Waals surface area contributed by atoms with Gasteiger partial charge >= 0.3 is 0 Å². The molecule has 1 aromatic carbocycles. The lowest BCUT2D eigenvalue weighted by Gasteiger charge is -2.08. The first-order valence-corrected chi connectivity index (χ1v) is 6.56. The molecule has 0 atom stereocenters. The van der Waals surface area contributed by atoms with Crippen LogP contribution >= 0.6 is 0 Å². The second-order valence-corrected chi connectivity index (χ2v) is 5.07. The van der Waals surface area contributed by atoms with Crippen LogP contribution in [0.3, 0.4) is 0 Å². The van der Waals surface area contributed by atoms with Gasteiger partial charge in [0.2, 0.25) is 0 Å². The molecule has 2 N–H and O–H groups in total. The molecule has 0 aliphatic rings. The highest BCUT2D eigenvalue weighted by Crippen LogP contribution is 2.30. The number of aromatic amines is 1. The second-order valence-electron chi connectivity index (χ2n) is 5.07. The zero-order chi connectivity index (χ0) is 14.5. The van der Waals surface area contributed by atoms with Gasteiger partial charge in [-0.3, -0.25) is 15.2 Å². The van der Waals surface area contributed by atoms with E-state index in [9.17, 15) is 10.1 Å². The fourth-order valence-corrected chi connectivity index (χ4v) is 2.02. The van der Waals surface area contributed by atoms with Gasteiger partial charge in [-0.25, -0.2) is 0 Å². The van der Waals surface area contributed by atoms with E-state index in [1.807, 2.05) is 0 Å². The van der Waals surface area contributed by atoms with Gasteiger partial charge in [0.15, 0.2) is 0 Å². The number of nitrogens with zero attached hydrogens (tertiary/aromatic N) is 2. The molecule has 20 heavy (non-hydrogen) atoms. The molecule has 6 nitrogen and oxygen atoms in total. The Balaban J connectivity index is 2.26. The summed E-state index contributed by atoms with van der Waals surface area (Å²) in [5, 5.41) is 21.3. The Bertz CT molecular complexity index is 592. The monoisotopic (exact) mass is 274 g/mol. The van der Waals surface area contributed by atoms with Gasteiger partial charge in [-0.05, 0) is 18.5 Å². The number of H-pyrrole nitrogens is 1. The van der Waals surface area contributed by atoms with E-state index in [-0.39, 0.29) is 10.6 Å². The lowest BCUT2D eigenvalue weighted by molar-refractivity contribution is -0.384. The van der Waals surface area contributed by atoms with E-state index in [2.05, 4.69) is 29.4 Å². The molecule has 2 aromatic rings. The summed E-state index contributed by atoms with van der Waals surface area (Å²) in [4.78, 5) is 10.7. The molecule has 2 rings (SSSR count). The van der Waals surface area contributed by atoms with Crippen molar-refractivity contribution in [1.82, 2.24) is 15.5 Å². The largest absolute Gasteiger partial charge is 0.312 e. The van der Waals surface area contributed by atoms with E-state index < -0.39 is 0 Å². The molecule has 0 unspecified atom stereocenters. The van der Waals surface area contributed by atoms with Crippen molar-refractivity contribution in [2.24, 2.45) is 5.92 Å². The first-order valence-electron chi connectivity index (χ1n) is 6.56. The molecule has 106 valence electrons. The molecule has 0 radical (unpaired) electrons. The van der Waals surface area contributed by atoms with Crippen LogP contribution in [0.4, 0.5) is 5.69 Å². The third-order valence-corrected chi connectivity index (χ3v) is 2.96. The zero-order valence-electron chi connectivity index (χ0n) is 11.6. The van der Waals surface area contributed by atoms with Crippen molar-refractivity contribution in [1.29, 1.82) is 0 Å². The summed E-state index contributed by atoms with van der Waals surface area (Å²) in [6.07, 6.45) is 1.71. The van der Waals surface area contributed by atoms with E-state index in [4.69, 9.17) is 0 Å². The van der Waals surface area contributed by atoms with Crippen molar-refractivity contribution in [3.05, 3.63) is 46.1 Å². The van der Waals surface area contributed by atoms with Crippen LogP contribution in [-0.2, 0) is 6.54 Å². The smallest absolute Gasteiger partial charge is 0.278 e. The van der Waals surface area contributed by atoms with Crippen LogP contribution in [0, 0.1) is 16.0 Å². The number of aromatic nitrogens is 2. The predicted molar refractivity (Wildman–Crippen MR) is 77.2 cm³/mol. The number of nitro groups is 1. The molecule has 0 spiro atoms. The molecule has 6 heteroatoms.